The van der Waals surface area contributed by atoms with Crippen molar-refractivity contribution in [1.82, 2.24) is 24.6 Å². The van der Waals surface area contributed by atoms with Crippen molar-refractivity contribution < 1.29 is 9.21 Å². The summed E-state index contributed by atoms with van der Waals surface area (Å²) in [5, 5.41) is 8.79. The van der Waals surface area contributed by atoms with Crippen LogP contribution in [0.5, 0.6) is 0 Å². The third-order valence-corrected chi connectivity index (χ3v) is 6.55. The van der Waals surface area contributed by atoms with Gasteiger partial charge < -0.3 is 9.32 Å². The van der Waals surface area contributed by atoms with E-state index in [1.807, 2.05) is 24.0 Å². The van der Waals surface area contributed by atoms with Gasteiger partial charge in [-0.15, -0.1) is 10.2 Å². The number of likely N-dealkylation sites (tertiary alicyclic amines) is 1. The Morgan fingerprint density at radius 3 is 2.86 bits per heavy atom. The van der Waals surface area contributed by atoms with Crippen LogP contribution in [-0.4, -0.2) is 37.1 Å². The highest BCUT2D eigenvalue weighted by atomic mass is 16.4. The van der Waals surface area contributed by atoms with Gasteiger partial charge in [-0.25, -0.2) is 4.98 Å². The number of benzene rings is 1. The molecule has 0 unspecified atom stereocenters. The molecule has 5 rings (SSSR count). The van der Waals surface area contributed by atoms with E-state index < -0.39 is 5.54 Å². The quantitative estimate of drug-likeness (QED) is 0.675. The summed E-state index contributed by atoms with van der Waals surface area (Å²) in [7, 11) is 0. The van der Waals surface area contributed by atoms with Crippen LogP contribution in [0.15, 0.2) is 33.7 Å². The van der Waals surface area contributed by atoms with Crippen molar-refractivity contribution >= 4 is 16.8 Å². The molecule has 1 amide bonds. The Labute approximate surface area is 167 Å². The Morgan fingerprint density at radius 2 is 2.14 bits per heavy atom. The Morgan fingerprint density at radius 1 is 1.28 bits per heavy atom. The van der Waals surface area contributed by atoms with Crippen LogP contribution in [0.2, 0.25) is 0 Å². The van der Waals surface area contributed by atoms with Gasteiger partial charge in [0.2, 0.25) is 17.7 Å². The van der Waals surface area contributed by atoms with E-state index in [9.17, 15) is 9.59 Å². The molecule has 0 N–H and O–H groups in total. The molecule has 2 aliphatic rings. The van der Waals surface area contributed by atoms with Crippen LogP contribution in [0.3, 0.4) is 0 Å². The number of aryl methyl sites for hydroxylation is 3. The molecule has 1 aliphatic heterocycles. The summed E-state index contributed by atoms with van der Waals surface area (Å²) in [5.41, 5.74) is 1.11. The Kier molecular flexibility index (Phi) is 4.04. The van der Waals surface area contributed by atoms with Crippen LogP contribution >= 0.6 is 0 Å². The predicted molar refractivity (Wildman–Crippen MR) is 105 cm³/mol. The zero-order chi connectivity index (χ0) is 20.2. The summed E-state index contributed by atoms with van der Waals surface area (Å²) in [6.45, 7) is 4.69. The summed E-state index contributed by atoms with van der Waals surface area (Å²) < 4.78 is 7.26. The maximum absolute atomic E-state index is 13.1. The van der Waals surface area contributed by atoms with Gasteiger partial charge in [0.05, 0.1) is 17.2 Å². The van der Waals surface area contributed by atoms with Gasteiger partial charge in [-0.05, 0) is 43.7 Å². The van der Waals surface area contributed by atoms with Gasteiger partial charge in [-0.2, -0.15) is 0 Å². The summed E-state index contributed by atoms with van der Waals surface area (Å²) >= 11 is 0. The molecule has 0 bridgehead atoms. The standard InChI is InChI=1S/C21H23N5O3/c1-13-4-3-5-16-18(13)22-12-25(19(16)28)10-8-17(27)26-11-7-15-6-9-21(15,26)20-24-23-14(2)29-20/h3-5,12,15H,6-11H2,1-2H3/t15-,21-/m0/s1. The van der Waals surface area contributed by atoms with E-state index >= 15 is 0 Å². The van der Waals surface area contributed by atoms with E-state index in [0.29, 0.717) is 41.7 Å². The van der Waals surface area contributed by atoms with Gasteiger partial charge in [0, 0.05) is 26.4 Å². The second-order valence-corrected chi connectivity index (χ2v) is 8.08. The van der Waals surface area contributed by atoms with Gasteiger partial charge in [0.15, 0.2) is 0 Å². The van der Waals surface area contributed by atoms with Gasteiger partial charge >= 0.3 is 0 Å². The van der Waals surface area contributed by atoms with Gasteiger partial charge in [0.25, 0.3) is 5.56 Å². The molecule has 150 valence electrons. The maximum atomic E-state index is 13.1. The first kappa shape index (κ1) is 18.0. The monoisotopic (exact) mass is 393 g/mol. The van der Waals surface area contributed by atoms with Crippen molar-refractivity contribution in [3.05, 3.63) is 52.2 Å². The third kappa shape index (κ3) is 2.62. The lowest BCUT2D eigenvalue weighted by Gasteiger charge is -2.47. The number of hydrogen-bond acceptors (Lipinski definition) is 6. The minimum absolute atomic E-state index is 0.0132. The van der Waals surface area contributed by atoms with Gasteiger partial charge in [-0.1, -0.05) is 12.1 Å². The maximum Gasteiger partial charge on any atom is 0.261 e. The Bertz CT molecular complexity index is 1170. The molecular weight excluding hydrogens is 370 g/mol. The molecule has 1 saturated carbocycles. The third-order valence-electron chi connectivity index (χ3n) is 6.55. The molecule has 2 aromatic heterocycles. The minimum Gasteiger partial charge on any atom is -0.423 e. The fourth-order valence-electron chi connectivity index (χ4n) is 4.91. The minimum atomic E-state index is -0.456. The number of aromatic nitrogens is 4. The topological polar surface area (TPSA) is 94.1 Å². The molecule has 3 heterocycles. The molecule has 8 nitrogen and oxygen atoms in total. The van der Waals surface area contributed by atoms with E-state index in [1.165, 1.54) is 10.9 Å². The number of fused-ring (bicyclic) bond motifs is 2. The van der Waals surface area contributed by atoms with Crippen molar-refractivity contribution in [2.45, 2.75) is 51.6 Å². The van der Waals surface area contributed by atoms with Crippen molar-refractivity contribution in [2.24, 2.45) is 5.92 Å². The fourth-order valence-corrected chi connectivity index (χ4v) is 4.91. The number of para-hydroxylation sites is 1. The molecule has 1 aliphatic carbocycles. The molecule has 1 saturated heterocycles. The molecule has 2 atom stereocenters. The lowest BCUT2D eigenvalue weighted by atomic mass is 9.67. The van der Waals surface area contributed by atoms with Gasteiger partial charge in [-0.3, -0.25) is 14.2 Å². The summed E-state index contributed by atoms with van der Waals surface area (Å²) in [6, 6.07) is 5.57. The van der Waals surface area contributed by atoms with Crippen molar-refractivity contribution in [1.29, 1.82) is 0 Å². The van der Waals surface area contributed by atoms with Crippen LogP contribution in [-0.2, 0) is 16.9 Å². The smallest absolute Gasteiger partial charge is 0.261 e. The van der Waals surface area contributed by atoms with E-state index in [4.69, 9.17) is 4.42 Å². The molecule has 1 aromatic carbocycles. The Balaban J connectivity index is 1.38. The SMILES string of the molecule is Cc1nnc([C@]23CC[C@H]2CCN3C(=O)CCn2cnc3c(C)cccc3c2=O)o1. The predicted octanol–water partition coefficient (Wildman–Crippen LogP) is 2.32. The lowest BCUT2D eigenvalue weighted by Crippen LogP contribution is -2.54. The molecule has 2 fully saturated rings. The first-order valence-corrected chi connectivity index (χ1v) is 10.1. The van der Waals surface area contributed by atoms with Crippen LogP contribution < -0.4 is 5.56 Å². The average molecular weight is 393 g/mol. The van der Waals surface area contributed by atoms with E-state index in [0.717, 1.165) is 24.8 Å². The zero-order valence-electron chi connectivity index (χ0n) is 16.6. The number of carbonyl (C=O) groups is 1. The van der Waals surface area contributed by atoms with Crippen LogP contribution in [0, 0.1) is 19.8 Å². The molecule has 8 heteroatoms. The highest BCUT2D eigenvalue weighted by molar-refractivity contribution is 5.80. The normalized spacial score (nSPS) is 23.2. The Hall–Kier alpha value is -3.03. The fraction of sp³-hybridized carbons (Fsp3) is 0.476. The largest absolute Gasteiger partial charge is 0.423 e. The first-order valence-electron chi connectivity index (χ1n) is 10.1. The molecule has 0 spiro atoms. The molecule has 0 radical (unpaired) electrons. The second-order valence-electron chi connectivity index (χ2n) is 8.08. The molecular formula is C21H23N5O3. The number of nitrogens with zero attached hydrogens (tertiary/aromatic N) is 5. The highest BCUT2D eigenvalue weighted by Crippen LogP contribution is 2.56. The highest BCUT2D eigenvalue weighted by Gasteiger charge is 2.60. The van der Waals surface area contributed by atoms with E-state index in [1.54, 1.807) is 13.0 Å². The van der Waals surface area contributed by atoms with Crippen LogP contribution in [0.4, 0.5) is 0 Å². The number of carbonyl (C=O) groups excluding carboxylic acids is 1. The number of rotatable bonds is 4. The number of amides is 1. The summed E-state index contributed by atoms with van der Waals surface area (Å²) in [4.78, 5) is 32.2. The van der Waals surface area contributed by atoms with Gasteiger partial charge in [0.1, 0.15) is 5.54 Å². The second kappa shape index (κ2) is 6.50. The summed E-state index contributed by atoms with van der Waals surface area (Å²) in [6.07, 6.45) is 4.64. The van der Waals surface area contributed by atoms with Crippen LogP contribution in [0.1, 0.15) is 43.0 Å². The molecule has 29 heavy (non-hydrogen) atoms. The molecule has 3 aromatic rings. The number of hydrogen-bond donors (Lipinski definition) is 0. The van der Waals surface area contributed by atoms with Crippen molar-refractivity contribution in [3.63, 3.8) is 0 Å². The van der Waals surface area contributed by atoms with Crippen LogP contribution in [0.25, 0.3) is 10.9 Å². The lowest BCUT2D eigenvalue weighted by molar-refractivity contribution is -0.142. The summed E-state index contributed by atoms with van der Waals surface area (Å²) in [5.74, 6) is 1.46. The van der Waals surface area contributed by atoms with Crippen molar-refractivity contribution in [2.75, 3.05) is 6.54 Å². The first-order chi connectivity index (χ1) is 14.0. The van der Waals surface area contributed by atoms with E-state index in [-0.39, 0.29) is 17.9 Å². The van der Waals surface area contributed by atoms with Crippen molar-refractivity contribution in [3.8, 4) is 0 Å². The van der Waals surface area contributed by atoms with E-state index in [2.05, 4.69) is 15.2 Å². The zero-order valence-corrected chi connectivity index (χ0v) is 16.6. The average Bonchev–Trinajstić information content (AvgIpc) is 3.22.